The normalized spacial score (nSPS) is 20.1. The van der Waals surface area contributed by atoms with Crippen molar-refractivity contribution in [3.8, 4) is 0 Å². The molecule has 0 bridgehead atoms. The molecule has 88 valence electrons. The fourth-order valence-electron chi connectivity index (χ4n) is 1.78. The zero-order valence-electron chi connectivity index (χ0n) is 9.02. The van der Waals surface area contributed by atoms with Crippen LogP contribution in [0.2, 0.25) is 0 Å². The van der Waals surface area contributed by atoms with Gasteiger partial charge in [0.15, 0.2) is 5.89 Å². The summed E-state index contributed by atoms with van der Waals surface area (Å²) in [6.45, 7) is 1.59. The van der Waals surface area contributed by atoms with Crippen LogP contribution in [0.3, 0.4) is 0 Å². The number of nitrogens with zero attached hydrogens (tertiary/aromatic N) is 1. The summed E-state index contributed by atoms with van der Waals surface area (Å²) in [4.78, 5) is 14.5. The molecule has 2 rings (SSSR count). The molecule has 1 N–H and O–H groups in total. The summed E-state index contributed by atoms with van der Waals surface area (Å²) in [6.07, 6.45) is 3.94. The largest absolute Gasteiger partial charge is 0.481 e. The van der Waals surface area contributed by atoms with Crippen molar-refractivity contribution in [2.75, 3.05) is 13.2 Å². The topological polar surface area (TPSA) is 72.6 Å². The molecule has 0 spiro atoms. The summed E-state index contributed by atoms with van der Waals surface area (Å²) in [5.74, 6) is 1.01. The minimum absolute atomic E-state index is 0.0845. The van der Waals surface area contributed by atoms with Crippen LogP contribution < -0.4 is 0 Å². The summed E-state index contributed by atoms with van der Waals surface area (Å²) < 4.78 is 10.7. The van der Waals surface area contributed by atoms with Crippen molar-refractivity contribution in [3.63, 3.8) is 0 Å². The molecule has 1 fully saturated rings. The number of hydrogen-bond acceptors (Lipinski definition) is 4. The number of oxazole rings is 1. The Labute approximate surface area is 93.4 Å². The molecule has 1 aliphatic rings. The Hall–Kier alpha value is -1.36. The molecule has 5 nitrogen and oxygen atoms in total. The lowest BCUT2D eigenvalue weighted by molar-refractivity contribution is -0.137. The zero-order chi connectivity index (χ0) is 11.4. The molecule has 2 heterocycles. The molecule has 1 aromatic rings. The van der Waals surface area contributed by atoms with Crippen LogP contribution in [0.5, 0.6) is 0 Å². The number of hydrogen-bond donors (Lipinski definition) is 1. The van der Waals surface area contributed by atoms with Crippen LogP contribution in [0, 0.1) is 5.92 Å². The monoisotopic (exact) mass is 225 g/mol. The fraction of sp³-hybridized carbons (Fsp3) is 0.636. The van der Waals surface area contributed by atoms with Crippen LogP contribution in [-0.2, 0) is 22.4 Å². The molecular weight excluding hydrogens is 210 g/mol. The van der Waals surface area contributed by atoms with E-state index in [0.29, 0.717) is 24.0 Å². The van der Waals surface area contributed by atoms with Crippen LogP contribution in [0.1, 0.15) is 24.5 Å². The molecule has 1 unspecified atom stereocenters. The highest BCUT2D eigenvalue weighted by atomic mass is 16.5. The van der Waals surface area contributed by atoms with Gasteiger partial charge in [-0.2, -0.15) is 0 Å². The summed E-state index contributed by atoms with van der Waals surface area (Å²) in [5.41, 5.74) is 0. The van der Waals surface area contributed by atoms with Crippen LogP contribution in [0.15, 0.2) is 10.6 Å². The number of carboxylic acid groups (broad SMARTS) is 1. The van der Waals surface area contributed by atoms with Crippen molar-refractivity contribution in [1.82, 2.24) is 4.98 Å². The maximum Gasteiger partial charge on any atom is 0.303 e. The third kappa shape index (κ3) is 3.06. The van der Waals surface area contributed by atoms with E-state index < -0.39 is 5.97 Å². The molecule has 16 heavy (non-hydrogen) atoms. The minimum atomic E-state index is -0.817. The number of aromatic nitrogens is 1. The highest BCUT2D eigenvalue weighted by Gasteiger charge is 2.18. The molecule has 0 amide bonds. The van der Waals surface area contributed by atoms with Crippen LogP contribution in [-0.4, -0.2) is 29.3 Å². The molecule has 1 saturated heterocycles. The molecule has 5 heteroatoms. The summed E-state index contributed by atoms with van der Waals surface area (Å²) in [5, 5.41) is 8.53. The van der Waals surface area contributed by atoms with E-state index in [1.54, 1.807) is 6.20 Å². The van der Waals surface area contributed by atoms with Gasteiger partial charge in [0.25, 0.3) is 0 Å². The maximum absolute atomic E-state index is 10.4. The van der Waals surface area contributed by atoms with E-state index in [1.807, 2.05) is 0 Å². The van der Waals surface area contributed by atoms with Gasteiger partial charge in [0.2, 0.25) is 0 Å². The lowest BCUT2D eigenvalue weighted by Crippen LogP contribution is -2.03. The molecule has 1 aliphatic heterocycles. The van der Waals surface area contributed by atoms with Gasteiger partial charge in [0.05, 0.1) is 12.6 Å². The summed E-state index contributed by atoms with van der Waals surface area (Å²) in [7, 11) is 0. The molecule has 0 aliphatic carbocycles. The Morgan fingerprint density at radius 1 is 1.62 bits per heavy atom. The molecule has 0 saturated carbocycles. The van der Waals surface area contributed by atoms with Gasteiger partial charge in [-0.1, -0.05) is 0 Å². The van der Waals surface area contributed by atoms with Gasteiger partial charge in [-0.05, 0) is 12.3 Å². The number of aliphatic carboxylic acids is 1. The van der Waals surface area contributed by atoms with E-state index in [4.69, 9.17) is 14.3 Å². The highest BCUT2D eigenvalue weighted by Crippen LogP contribution is 2.18. The Balaban J connectivity index is 1.84. The van der Waals surface area contributed by atoms with Crippen molar-refractivity contribution in [2.24, 2.45) is 5.92 Å². The van der Waals surface area contributed by atoms with Gasteiger partial charge in [-0.15, -0.1) is 0 Å². The average molecular weight is 225 g/mol. The maximum atomic E-state index is 10.4. The first-order valence-electron chi connectivity index (χ1n) is 5.47. The molecule has 1 atom stereocenters. The predicted octanol–water partition coefficient (Wildman–Crippen LogP) is 1.27. The second-order valence-corrected chi connectivity index (χ2v) is 4.05. The lowest BCUT2D eigenvalue weighted by Gasteiger charge is -2.02. The zero-order valence-corrected chi connectivity index (χ0v) is 9.02. The van der Waals surface area contributed by atoms with Crippen LogP contribution in [0.25, 0.3) is 0 Å². The minimum Gasteiger partial charge on any atom is -0.481 e. The first-order valence-corrected chi connectivity index (χ1v) is 5.47. The van der Waals surface area contributed by atoms with E-state index in [0.717, 1.165) is 26.1 Å². The molecule has 0 aromatic carbocycles. The second kappa shape index (κ2) is 5.12. The number of carboxylic acids is 1. The number of aryl methyl sites for hydroxylation is 1. The number of carbonyl (C=O) groups is 1. The fourth-order valence-corrected chi connectivity index (χ4v) is 1.78. The molecule has 0 radical (unpaired) electrons. The second-order valence-electron chi connectivity index (χ2n) is 4.05. The van der Waals surface area contributed by atoms with Gasteiger partial charge >= 0.3 is 5.97 Å². The standard InChI is InChI=1S/C11H15NO4/c13-11(14)2-1-9-6-12-10(16-9)5-8-3-4-15-7-8/h6,8H,1-5,7H2,(H,13,14). The van der Waals surface area contributed by atoms with Crippen molar-refractivity contribution in [2.45, 2.75) is 25.7 Å². The van der Waals surface area contributed by atoms with E-state index in [2.05, 4.69) is 4.98 Å². The van der Waals surface area contributed by atoms with E-state index in [-0.39, 0.29) is 6.42 Å². The number of rotatable bonds is 5. The molecular formula is C11H15NO4. The van der Waals surface area contributed by atoms with Crippen molar-refractivity contribution >= 4 is 5.97 Å². The third-order valence-electron chi connectivity index (χ3n) is 2.67. The van der Waals surface area contributed by atoms with E-state index in [1.165, 1.54) is 0 Å². The van der Waals surface area contributed by atoms with Crippen molar-refractivity contribution < 1.29 is 19.1 Å². The van der Waals surface area contributed by atoms with Gasteiger partial charge in [0, 0.05) is 26.1 Å². The summed E-state index contributed by atoms with van der Waals surface area (Å²) >= 11 is 0. The Kier molecular flexibility index (Phi) is 3.56. The van der Waals surface area contributed by atoms with Crippen LogP contribution in [0.4, 0.5) is 0 Å². The first-order chi connectivity index (χ1) is 7.74. The van der Waals surface area contributed by atoms with Gasteiger partial charge in [-0.25, -0.2) is 4.98 Å². The first kappa shape index (κ1) is 11.1. The quantitative estimate of drug-likeness (QED) is 0.817. The van der Waals surface area contributed by atoms with Crippen molar-refractivity contribution in [3.05, 3.63) is 17.8 Å². The van der Waals surface area contributed by atoms with Gasteiger partial charge in [0.1, 0.15) is 5.76 Å². The Morgan fingerprint density at radius 3 is 3.19 bits per heavy atom. The SMILES string of the molecule is O=C(O)CCc1cnc(CC2CCOC2)o1. The van der Waals surface area contributed by atoms with Crippen molar-refractivity contribution in [1.29, 1.82) is 0 Å². The highest BCUT2D eigenvalue weighted by molar-refractivity contribution is 5.66. The van der Waals surface area contributed by atoms with E-state index in [9.17, 15) is 4.79 Å². The lowest BCUT2D eigenvalue weighted by atomic mass is 10.1. The smallest absolute Gasteiger partial charge is 0.303 e. The van der Waals surface area contributed by atoms with Crippen LogP contribution >= 0.6 is 0 Å². The Bertz CT molecular complexity index is 355. The summed E-state index contributed by atoms with van der Waals surface area (Å²) in [6, 6.07) is 0. The molecule has 1 aromatic heterocycles. The third-order valence-corrected chi connectivity index (χ3v) is 2.67. The predicted molar refractivity (Wildman–Crippen MR) is 55.1 cm³/mol. The number of ether oxygens (including phenoxy) is 1. The van der Waals surface area contributed by atoms with E-state index >= 15 is 0 Å². The Morgan fingerprint density at radius 2 is 2.50 bits per heavy atom. The van der Waals surface area contributed by atoms with Gasteiger partial charge in [-0.3, -0.25) is 4.79 Å². The average Bonchev–Trinajstić information content (AvgIpc) is 2.87. The van der Waals surface area contributed by atoms with Gasteiger partial charge < -0.3 is 14.3 Å².